The number of sulfonamides is 1. The van der Waals surface area contributed by atoms with Gasteiger partial charge >= 0.3 is 0 Å². The van der Waals surface area contributed by atoms with Crippen LogP contribution in [0.5, 0.6) is 0 Å². The monoisotopic (exact) mass is 609 g/mol. The van der Waals surface area contributed by atoms with E-state index in [-0.39, 0.29) is 23.4 Å². The van der Waals surface area contributed by atoms with E-state index in [0.29, 0.717) is 12.1 Å². The van der Waals surface area contributed by atoms with Gasteiger partial charge in [-0.05, 0) is 60.7 Å². The van der Waals surface area contributed by atoms with Gasteiger partial charge in [-0.1, -0.05) is 104 Å². The Labute approximate surface area is 260 Å². The first kappa shape index (κ1) is 31.0. The average Bonchev–Trinajstić information content (AvgIpc) is 3.56. The normalized spacial score (nSPS) is 14.1. The standard InChI is InChI=1S/C36H39N3O4S/c1-28-14-13-21-32(24-28)39(44(42,43)33-22-9-4-10-23-33)27-35(40)38(26-30-17-7-3-8-18-30)34(25-29-15-5-2-6-16-29)36(41)37-31-19-11-12-20-31/h2-10,13-18,21-24,31,34H,11-12,19-20,25-27H2,1H3,(H,37,41). The zero-order valence-corrected chi connectivity index (χ0v) is 25.8. The molecular formula is C36H39N3O4S. The molecule has 0 aromatic heterocycles. The lowest BCUT2D eigenvalue weighted by atomic mass is 10.0. The van der Waals surface area contributed by atoms with E-state index in [4.69, 9.17) is 0 Å². The molecule has 1 unspecified atom stereocenters. The van der Waals surface area contributed by atoms with Crippen LogP contribution in [0, 0.1) is 6.92 Å². The number of nitrogens with zero attached hydrogens (tertiary/aromatic N) is 2. The van der Waals surface area contributed by atoms with Gasteiger partial charge in [-0.15, -0.1) is 0 Å². The zero-order chi connectivity index (χ0) is 30.9. The molecule has 2 amide bonds. The van der Waals surface area contributed by atoms with E-state index in [1.807, 2.05) is 73.7 Å². The highest BCUT2D eigenvalue weighted by Gasteiger charge is 2.35. The van der Waals surface area contributed by atoms with Crippen molar-refractivity contribution in [2.24, 2.45) is 0 Å². The summed E-state index contributed by atoms with van der Waals surface area (Å²) in [6, 6.07) is 33.6. The molecule has 1 fully saturated rings. The number of benzene rings is 4. The average molecular weight is 610 g/mol. The van der Waals surface area contributed by atoms with Gasteiger partial charge in [0.15, 0.2) is 0 Å². The highest BCUT2D eigenvalue weighted by atomic mass is 32.2. The molecule has 1 aliphatic rings. The molecular weight excluding hydrogens is 570 g/mol. The van der Waals surface area contributed by atoms with Crippen LogP contribution < -0.4 is 9.62 Å². The number of nitrogens with one attached hydrogen (secondary N) is 1. The smallest absolute Gasteiger partial charge is 0.264 e. The number of amides is 2. The molecule has 4 aromatic rings. The minimum absolute atomic E-state index is 0.0664. The fourth-order valence-electron chi connectivity index (χ4n) is 5.73. The third-order valence-corrected chi connectivity index (χ3v) is 9.86. The van der Waals surface area contributed by atoms with Crippen molar-refractivity contribution in [3.8, 4) is 0 Å². The number of rotatable bonds is 12. The second-order valence-corrected chi connectivity index (χ2v) is 13.2. The Morgan fingerprint density at radius 2 is 1.39 bits per heavy atom. The van der Waals surface area contributed by atoms with Crippen LogP contribution in [-0.2, 0) is 32.6 Å². The Balaban J connectivity index is 1.55. The van der Waals surface area contributed by atoms with Crippen LogP contribution in [0.4, 0.5) is 5.69 Å². The predicted molar refractivity (Wildman–Crippen MR) is 173 cm³/mol. The summed E-state index contributed by atoms with van der Waals surface area (Å²) in [4.78, 5) is 30.2. The molecule has 1 N–H and O–H groups in total. The number of carbonyl (C=O) groups is 2. The van der Waals surface area contributed by atoms with E-state index in [9.17, 15) is 18.0 Å². The van der Waals surface area contributed by atoms with Gasteiger partial charge in [0.1, 0.15) is 12.6 Å². The maximum Gasteiger partial charge on any atom is 0.264 e. The molecule has 0 heterocycles. The lowest BCUT2D eigenvalue weighted by molar-refractivity contribution is -0.140. The number of anilines is 1. The molecule has 0 aliphatic heterocycles. The highest BCUT2D eigenvalue weighted by molar-refractivity contribution is 7.92. The molecule has 0 saturated heterocycles. The van der Waals surface area contributed by atoms with Crippen LogP contribution in [0.3, 0.4) is 0 Å². The van der Waals surface area contributed by atoms with Gasteiger partial charge < -0.3 is 10.2 Å². The molecule has 0 spiro atoms. The second kappa shape index (κ2) is 14.4. The van der Waals surface area contributed by atoms with E-state index in [1.54, 1.807) is 41.3 Å². The first-order valence-corrected chi connectivity index (χ1v) is 16.6. The zero-order valence-electron chi connectivity index (χ0n) is 25.0. The first-order valence-electron chi connectivity index (χ1n) is 15.1. The minimum Gasteiger partial charge on any atom is -0.352 e. The van der Waals surface area contributed by atoms with E-state index >= 15 is 0 Å². The first-order chi connectivity index (χ1) is 21.3. The van der Waals surface area contributed by atoms with Crippen LogP contribution in [-0.4, -0.2) is 43.8 Å². The molecule has 228 valence electrons. The maximum absolute atomic E-state index is 14.5. The molecule has 44 heavy (non-hydrogen) atoms. The number of aryl methyl sites for hydroxylation is 1. The molecule has 5 rings (SSSR count). The van der Waals surface area contributed by atoms with Crippen molar-refractivity contribution in [1.82, 2.24) is 10.2 Å². The van der Waals surface area contributed by atoms with Crippen molar-refractivity contribution in [1.29, 1.82) is 0 Å². The summed E-state index contributed by atoms with van der Waals surface area (Å²) in [5.41, 5.74) is 3.01. The van der Waals surface area contributed by atoms with E-state index < -0.39 is 28.5 Å². The van der Waals surface area contributed by atoms with Gasteiger partial charge in [0, 0.05) is 19.0 Å². The summed E-state index contributed by atoms with van der Waals surface area (Å²) in [6.45, 7) is 1.57. The van der Waals surface area contributed by atoms with E-state index in [1.165, 1.54) is 12.1 Å². The Hall–Kier alpha value is -4.43. The Bertz CT molecular complexity index is 1640. The lowest BCUT2D eigenvalue weighted by Crippen LogP contribution is -2.54. The molecule has 8 heteroatoms. The van der Waals surface area contributed by atoms with Crippen molar-refractivity contribution < 1.29 is 18.0 Å². The minimum atomic E-state index is -4.11. The van der Waals surface area contributed by atoms with Crippen molar-refractivity contribution in [3.63, 3.8) is 0 Å². The molecule has 1 aliphatic carbocycles. The van der Waals surface area contributed by atoms with E-state index in [2.05, 4.69) is 5.32 Å². The van der Waals surface area contributed by atoms with Crippen molar-refractivity contribution >= 4 is 27.5 Å². The third-order valence-electron chi connectivity index (χ3n) is 8.07. The van der Waals surface area contributed by atoms with Gasteiger partial charge in [-0.25, -0.2) is 8.42 Å². The topological polar surface area (TPSA) is 86.8 Å². The van der Waals surface area contributed by atoms with Gasteiger partial charge in [0.25, 0.3) is 10.0 Å². The number of carbonyl (C=O) groups excluding carboxylic acids is 2. The van der Waals surface area contributed by atoms with Crippen LogP contribution in [0.2, 0.25) is 0 Å². The van der Waals surface area contributed by atoms with E-state index in [0.717, 1.165) is 46.7 Å². The summed E-state index contributed by atoms with van der Waals surface area (Å²) >= 11 is 0. The molecule has 7 nitrogen and oxygen atoms in total. The maximum atomic E-state index is 14.5. The summed E-state index contributed by atoms with van der Waals surface area (Å²) in [7, 11) is -4.11. The van der Waals surface area contributed by atoms with Gasteiger partial charge in [0.05, 0.1) is 10.6 Å². The van der Waals surface area contributed by atoms with Crippen molar-refractivity contribution in [2.75, 3.05) is 10.8 Å². The predicted octanol–water partition coefficient (Wildman–Crippen LogP) is 5.89. The summed E-state index contributed by atoms with van der Waals surface area (Å²) in [5, 5.41) is 3.20. The second-order valence-electron chi connectivity index (χ2n) is 11.4. The number of hydrogen-bond acceptors (Lipinski definition) is 4. The summed E-state index contributed by atoms with van der Waals surface area (Å²) in [6.07, 6.45) is 4.24. The lowest BCUT2D eigenvalue weighted by Gasteiger charge is -2.34. The van der Waals surface area contributed by atoms with Crippen LogP contribution >= 0.6 is 0 Å². The summed E-state index contributed by atoms with van der Waals surface area (Å²) < 4.78 is 29.3. The van der Waals surface area contributed by atoms with Crippen LogP contribution in [0.1, 0.15) is 42.4 Å². The summed E-state index contributed by atoms with van der Waals surface area (Å²) in [5.74, 6) is -0.685. The highest BCUT2D eigenvalue weighted by Crippen LogP contribution is 2.26. The van der Waals surface area contributed by atoms with Gasteiger partial charge in [0.2, 0.25) is 11.8 Å². The molecule has 4 aromatic carbocycles. The molecule has 1 atom stereocenters. The van der Waals surface area contributed by atoms with Crippen molar-refractivity contribution in [2.45, 2.75) is 62.6 Å². The van der Waals surface area contributed by atoms with Crippen LogP contribution in [0.25, 0.3) is 0 Å². The third kappa shape index (κ3) is 7.74. The fourth-order valence-corrected chi connectivity index (χ4v) is 7.16. The quantitative estimate of drug-likeness (QED) is 0.217. The fraction of sp³-hybridized carbons (Fsp3) is 0.278. The Morgan fingerprint density at radius 3 is 2.00 bits per heavy atom. The van der Waals surface area contributed by atoms with Gasteiger partial charge in [-0.3, -0.25) is 13.9 Å². The largest absolute Gasteiger partial charge is 0.352 e. The SMILES string of the molecule is Cc1cccc(N(CC(=O)N(Cc2ccccc2)C(Cc2ccccc2)C(=O)NC2CCCC2)S(=O)(=O)c2ccccc2)c1. The Kier molecular flexibility index (Phi) is 10.1. The number of hydrogen-bond donors (Lipinski definition) is 1. The molecule has 1 saturated carbocycles. The van der Waals surface area contributed by atoms with Crippen LogP contribution in [0.15, 0.2) is 120 Å². The Morgan fingerprint density at radius 1 is 0.795 bits per heavy atom. The van der Waals surface area contributed by atoms with Gasteiger partial charge in [-0.2, -0.15) is 0 Å². The van der Waals surface area contributed by atoms with Crippen molar-refractivity contribution in [3.05, 3.63) is 132 Å². The molecule has 0 bridgehead atoms. The molecule has 0 radical (unpaired) electrons.